The summed E-state index contributed by atoms with van der Waals surface area (Å²) in [4.78, 5) is 8.99. The fourth-order valence-corrected chi connectivity index (χ4v) is 3.69. The van der Waals surface area contributed by atoms with Crippen molar-refractivity contribution >= 4 is 23.1 Å². The molecule has 0 radical (unpaired) electrons. The van der Waals surface area contributed by atoms with Crippen LogP contribution in [0.3, 0.4) is 0 Å². The van der Waals surface area contributed by atoms with Gasteiger partial charge in [0.05, 0.1) is 11.7 Å². The molecule has 23 heavy (non-hydrogen) atoms. The Morgan fingerprint density at radius 3 is 2.57 bits per heavy atom. The minimum atomic E-state index is 0.392. The third-order valence-corrected chi connectivity index (χ3v) is 4.91. The van der Waals surface area contributed by atoms with Crippen molar-refractivity contribution in [3.05, 3.63) is 47.4 Å². The maximum atomic E-state index is 5.72. The van der Waals surface area contributed by atoms with Crippen LogP contribution in [0, 0.1) is 4.64 Å². The van der Waals surface area contributed by atoms with E-state index in [-0.39, 0.29) is 0 Å². The summed E-state index contributed by atoms with van der Waals surface area (Å²) in [7, 11) is 0. The predicted octanol–water partition coefficient (Wildman–Crippen LogP) is 4.73. The smallest absolute Gasteiger partial charge is 0.136 e. The molecule has 0 N–H and O–H groups in total. The van der Waals surface area contributed by atoms with E-state index in [1.165, 1.54) is 19.3 Å². The van der Waals surface area contributed by atoms with E-state index in [2.05, 4.69) is 9.97 Å². The van der Waals surface area contributed by atoms with Crippen molar-refractivity contribution in [3.8, 4) is 11.4 Å². The Labute approximate surface area is 140 Å². The second kappa shape index (κ2) is 6.16. The summed E-state index contributed by atoms with van der Waals surface area (Å²) in [5.41, 5.74) is 2.50. The zero-order valence-electron chi connectivity index (χ0n) is 12.9. The van der Waals surface area contributed by atoms with Crippen LogP contribution in [0.4, 0.5) is 0 Å². The first-order chi connectivity index (χ1) is 11.3. The van der Waals surface area contributed by atoms with Crippen LogP contribution in [0.15, 0.2) is 42.7 Å². The summed E-state index contributed by atoms with van der Waals surface area (Å²) < 4.78 is 2.84. The van der Waals surface area contributed by atoms with E-state index >= 15 is 0 Å². The van der Waals surface area contributed by atoms with Gasteiger partial charge in [-0.1, -0.05) is 37.5 Å². The van der Waals surface area contributed by atoms with Crippen molar-refractivity contribution in [3.63, 3.8) is 0 Å². The minimum absolute atomic E-state index is 0.392. The zero-order chi connectivity index (χ0) is 15.6. The molecule has 3 heterocycles. The lowest BCUT2D eigenvalue weighted by Crippen LogP contribution is -2.18. The van der Waals surface area contributed by atoms with Crippen molar-refractivity contribution in [2.45, 2.75) is 38.1 Å². The molecule has 0 aromatic carbocycles. The molecule has 116 valence electrons. The minimum Gasteiger partial charge on any atom is -0.254 e. The van der Waals surface area contributed by atoms with Gasteiger partial charge in [0.1, 0.15) is 15.9 Å². The van der Waals surface area contributed by atoms with Gasteiger partial charge >= 0.3 is 0 Å². The molecule has 0 amide bonds. The highest BCUT2D eigenvalue weighted by Gasteiger charge is 2.20. The molecule has 0 atom stereocenters. The Hall–Kier alpha value is -2.14. The topological polar surface area (TPSA) is 43.6 Å². The summed E-state index contributed by atoms with van der Waals surface area (Å²) in [5, 5.41) is 5.87. The summed E-state index contributed by atoms with van der Waals surface area (Å²) >= 11 is 5.72. The van der Waals surface area contributed by atoms with Gasteiger partial charge in [-0.15, -0.1) is 0 Å². The molecule has 4 rings (SSSR count). The Balaban J connectivity index is 1.98. The van der Waals surface area contributed by atoms with Crippen LogP contribution < -0.4 is 0 Å². The Bertz CT molecular complexity index is 882. The highest BCUT2D eigenvalue weighted by atomic mass is 32.1. The number of hydrogen-bond donors (Lipinski definition) is 0. The molecule has 0 unspecified atom stereocenters. The number of nitrogens with zero attached hydrogens (tertiary/aromatic N) is 4. The second-order valence-electron chi connectivity index (χ2n) is 6.00. The van der Waals surface area contributed by atoms with Gasteiger partial charge in [0, 0.05) is 17.8 Å². The third-order valence-electron chi connectivity index (χ3n) is 4.51. The first-order valence-electron chi connectivity index (χ1n) is 8.13. The highest BCUT2D eigenvalue weighted by Crippen LogP contribution is 2.31. The van der Waals surface area contributed by atoms with Gasteiger partial charge in [0.2, 0.25) is 0 Å². The molecule has 1 aliphatic carbocycles. The first-order valence-corrected chi connectivity index (χ1v) is 8.54. The number of aromatic nitrogens is 4. The quantitative estimate of drug-likeness (QED) is 0.640. The maximum absolute atomic E-state index is 5.72. The summed E-state index contributed by atoms with van der Waals surface area (Å²) in [6, 6.07) is 10.2. The molecule has 0 saturated heterocycles. The van der Waals surface area contributed by atoms with Crippen molar-refractivity contribution in [2.75, 3.05) is 0 Å². The highest BCUT2D eigenvalue weighted by molar-refractivity contribution is 7.71. The summed E-state index contributed by atoms with van der Waals surface area (Å²) in [5.74, 6) is 0. The van der Waals surface area contributed by atoms with Crippen LogP contribution in [-0.2, 0) is 0 Å². The van der Waals surface area contributed by atoms with E-state index in [1.807, 2.05) is 35.0 Å². The molecule has 4 nitrogen and oxygen atoms in total. The molecule has 3 aromatic rings. The van der Waals surface area contributed by atoms with Crippen molar-refractivity contribution in [1.29, 1.82) is 0 Å². The Morgan fingerprint density at radius 2 is 1.78 bits per heavy atom. The number of rotatable bonds is 2. The second-order valence-corrected chi connectivity index (χ2v) is 6.39. The lowest BCUT2D eigenvalue weighted by molar-refractivity contribution is 0.324. The van der Waals surface area contributed by atoms with E-state index in [4.69, 9.17) is 17.3 Å². The molecule has 3 aromatic heterocycles. The van der Waals surface area contributed by atoms with Crippen LogP contribution in [0.2, 0.25) is 0 Å². The lowest BCUT2D eigenvalue weighted by Gasteiger charge is -2.24. The van der Waals surface area contributed by atoms with E-state index < -0.39 is 0 Å². The van der Waals surface area contributed by atoms with Crippen LogP contribution >= 0.6 is 12.2 Å². The van der Waals surface area contributed by atoms with Crippen molar-refractivity contribution in [2.24, 2.45) is 0 Å². The summed E-state index contributed by atoms with van der Waals surface area (Å²) in [6.45, 7) is 0. The lowest BCUT2D eigenvalue weighted by atomic mass is 9.95. The molecule has 5 heteroatoms. The van der Waals surface area contributed by atoms with Gasteiger partial charge in [0.15, 0.2) is 0 Å². The number of pyridine rings is 2. The monoisotopic (exact) mass is 322 g/mol. The number of hydrogen-bond acceptors (Lipinski definition) is 4. The van der Waals surface area contributed by atoms with Crippen LogP contribution in [0.1, 0.15) is 38.1 Å². The zero-order valence-corrected chi connectivity index (χ0v) is 13.7. The molecular weight excluding hydrogens is 304 g/mol. The maximum Gasteiger partial charge on any atom is 0.136 e. The van der Waals surface area contributed by atoms with Gasteiger partial charge < -0.3 is 0 Å². The van der Waals surface area contributed by atoms with Gasteiger partial charge in [-0.05, 0) is 37.1 Å². The van der Waals surface area contributed by atoms with Gasteiger partial charge in [-0.25, -0.2) is 0 Å². The average Bonchev–Trinajstić information content (AvgIpc) is 2.64. The van der Waals surface area contributed by atoms with E-state index in [9.17, 15) is 0 Å². The van der Waals surface area contributed by atoms with Gasteiger partial charge in [-0.3, -0.25) is 14.6 Å². The SMILES string of the molecule is S=c1c2cccnc2c(-c2ccccn2)nn1C1CCCCC1. The first kappa shape index (κ1) is 14.5. The van der Waals surface area contributed by atoms with Crippen molar-refractivity contribution < 1.29 is 0 Å². The fourth-order valence-electron chi connectivity index (χ4n) is 3.34. The van der Waals surface area contributed by atoms with E-state index in [0.29, 0.717) is 6.04 Å². The van der Waals surface area contributed by atoms with E-state index in [0.717, 1.165) is 39.8 Å². The largest absolute Gasteiger partial charge is 0.254 e. The molecule has 1 saturated carbocycles. The Kier molecular flexibility index (Phi) is 3.87. The summed E-state index contributed by atoms with van der Waals surface area (Å²) in [6.07, 6.45) is 9.68. The fraction of sp³-hybridized carbons (Fsp3) is 0.333. The van der Waals surface area contributed by atoms with Crippen LogP contribution in [0.5, 0.6) is 0 Å². The van der Waals surface area contributed by atoms with Gasteiger partial charge in [-0.2, -0.15) is 5.10 Å². The predicted molar refractivity (Wildman–Crippen MR) is 93.7 cm³/mol. The molecule has 0 spiro atoms. The molecule has 1 fully saturated rings. The molecular formula is C18H18N4S. The van der Waals surface area contributed by atoms with E-state index in [1.54, 1.807) is 12.4 Å². The standard InChI is InChI=1S/C18H18N4S/c23-18-14-9-6-12-20-16(14)17(15-10-4-5-11-19-15)21-22(18)13-7-2-1-3-8-13/h4-6,9-13H,1-3,7-8H2. The van der Waals surface area contributed by atoms with Gasteiger partial charge in [0.25, 0.3) is 0 Å². The normalized spacial score (nSPS) is 15.8. The average molecular weight is 322 g/mol. The molecule has 1 aliphatic rings. The Morgan fingerprint density at radius 1 is 0.957 bits per heavy atom. The van der Waals surface area contributed by atoms with Crippen LogP contribution in [-0.4, -0.2) is 19.7 Å². The van der Waals surface area contributed by atoms with Crippen molar-refractivity contribution in [1.82, 2.24) is 19.7 Å². The molecule has 0 bridgehead atoms. The number of fused-ring (bicyclic) bond motifs is 1. The van der Waals surface area contributed by atoms with Crippen LogP contribution in [0.25, 0.3) is 22.3 Å². The molecule has 0 aliphatic heterocycles. The third kappa shape index (κ3) is 2.65.